The van der Waals surface area contributed by atoms with Crippen LogP contribution in [0.4, 0.5) is 5.69 Å². The second kappa shape index (κ2) is 8.99. The van der Waals surface area contributed by atoms with Gasteiger partial charge in [0.05, 0.1) is 17.4 Å². The number of benzene rings is 2. The Kier molecular flexibility index (Phi) is 6.44. The van der Waals surface area contributed by atoms with Crippen molar-refractivity contribution in [1.29, 1.82) is 0 Å². The van der Waals surface area contributed by atoms with Crippen molar-refractivity contribution >= 4 is 34.1 Å². The molecule has 3 aromatic rings. The number of nitrogens with zero attached hydrogens (tertiary/aromatic N) is 1. The third kappa shape index (κ3) is 4.97. The van der Waals surface area contributed by atoms with Gasteiger partial charge in [0.2, 0.25) is 0 Å². The minimum absolute atomic E-state index is 0.0658. The molecule has 2 aromatic carbocycles. The fourth-order valence-corrected chi connectivity index (χ4v) is 3.38. The lowest BCUT2D eigenvalue weighted by Gasteiger charge is -2.18. The van der Waals surface area contributed by atoms with Crippen LogP contribution in [0, 0.1) is 6.92 Å². The van der Waals surface area contributed by atoms with Crippen molar-refractivity contribution < 1.29 is 9.69 Å². The third-order valence-electron chi connectivity index (χ3n) is 4.57. The van der Waals surface area contributed by atoms with Crippen LogP contribution in [-0.2, 0) is 11.3 Å². The van der Waals surface area contributed by atoms with Crippen molar-refractivity contribution in [3.63, 3.8) is 0 Å². The number of H-pyrrole nitrogens is 1. The normalized spacial score (nSPS) is 12.1. The largest absolute Gasteiger partial charge is 0.321 e. The van der Waals surface area contributed by atoms with Gasteiger partial charge in [0.25, 0.3) is 11.5 Å². The predicted molar refractivity (Wildman–Crippen MR) is 112 cm³/mol. The van der Waals surface area contributed by atoms with E-state index in [1.165, 1.54) is 0 Å². The van der Waals surface area contributed by atoms with Gasteiger partial charge in [-0.1, -0.05) is 36.7 Å². The highest BCUT2D eigenvalue weighted by atomic mass is 35.5. The van der Waals surface area contributed by atoms with Crippen molar-refractivity contribution in [3.05, 3.63) is 69.2 Å². The van der Waals surface area contributed by atoms with Gasteiger partial charge >= 0.3 is 0 Å². The van der Waals surface area contributed by atoms with Crippen LogP contribution in [0.1, 0.15) is 24.7 Å². The van der Waals surface area contributed by atoms with Crippen LogP contribution in [0.3, 0.4) is 0 Å². The number of aryl methyl sites for hydroxylation is 1. The molecule has 7 heteroatoms. The monoisotopic (exact) mass is 399 g/mol. The number of fused-ring (bicyclic) bond motifs is 1. The summed E-state index contributed by atoms with van der Waals surface area (Å²) in [6, 6.07) is 12.7. The zero-order valence-corrected chi connectivity index (χ0v) is 16.8. The maximum absolute atomic E-state index is 12.5. The number of aromatic nitrogens is 2. The Labute approximate surface area is 168 Å². The molecule has 0 aliphatic carbocycles. The summed E-state index contributed by atoms with van der Waals surface area (Å²) in [5.74, 6) is 0.482. The van der Waals surface area contributed by atoms with Crippen LogP contribution in [0.25, 0.3) is 10.9 Å². The summed E-state index contributed by atoms with van der Waals surface area (Å²) in [5, 5.41) is 4.00. The van der Waals surface area contributed by atoms with E-state index in [-0.39, 0.29) is 11.5 Å². The lowest BCUT2D eigenvalue weighted by Crippen LogP contribution is -3.11. The van der Waals surface area contributed by atoms with Crippen molar-refractivity contribution in [2.24, 2.45) is 0 Å². The Balaban J connectivity index is 1.75. The third-order valence-corrected chi connectivity index (χ3v) is 4.80. The molecule has 0 saturated carbocycles. The smallest absolute Gasteiger partial charge is 0.279 e. The topological polar surface area (TPSA) is 79.3 Å². The van der Waals surface area contributed by atoms with Gasteiger partial charge in [0, 0.05) is 10.7 Å². The van der Waals surface area contributed by atoms with Crippen molar-refractivity contribution in [1.82, 2.24) is 9.97 Å². The highest BCUT2D eigenvalue weighted by molar-refractivity contribution is 6.31. The Morgan fingerprint density at radius 2 is 2.04 bits per heavy atom. The molecular weight excluding hydrogens is 376 g/mol. The Morgan fingerprint density at radius 3 is 2.79 bits per heavy atom. The second-order valence-corrected chi connectivity index (χ2v) is 7.33. The van der Waals surface area contributed by atoms with Crippen LogP contribution < -0.4 is 15.8 Å². The number of hydrogen-bond donors (Lipinski definition) is 3. The summed E-state index contributed by atoms with van der Waals surface area (Å²) in [4.78, 5) is 33.2. The van der Waals surface area contributed by atoms with Gasteiger partial charge in [-0.3, -0.25) is 9.59 Å². The lowest BCUT2D eigenvalue weighted by atomic mass is 10.2. The molecule has 0 bridgehead atoms. The molecule has 146 valence electrons. The number of para-hydroxylation sites is 1. The Morgan fingerprint density at radius 1 is 1.25 bits per heavy atom. The average molecular weight is 400 g/mol. The van der Waals surface area contributed by atoms with Crippen LogP contribution >= 0.6 is 11.6 Å². The minimum Gasteiger partial charge on any atom is -0.321 e. The standard InChI is InChI=1S/C21H23ClN4O2/c1-3-10-26(13-20(27)24-17-7-5-4-6-14(17)2)12-19-23-18-11-15(22)8-9-16(18)21(28)25-19/h4-9,11H,3,10,12-13H2,1-2H3,(H,24,27)(H,23,25,28)/p+1. The number of nitrogens with one attached hydrogen (secondary N) is 3. The van der Waals surface area contributed by atoms with Crippen LogP contribution in [-0.4, -0.2) is 29.0 Å². The molecular formula is C21H24ClN4O2+. The molecule has 0 spiro atoms. The van der Waals surface area contributed by atoms with Crippen LogP contribution in [0.5, 0.6) is 0 Å². The molecule has 0 fully saturated rings. The fraction of sp³-hybridized carbons (Fsp3) is 0.286. The lowest BCUT2D eigenvalue weighted by molar-refractivity contribution is -0.906. The first-order chi connectivity index (χ1) is 13.5. The van der Waals surface area contributed by atoms with E-state index in [1.807, 2.05) is 31.2 Å². The number of carbonyl (C=O) groups excluding carboxylic acids is 1. The molecule has 0 saturated heterocycles. The van der Waals surface area contributed by atoms with Crippen LogP contribution in [0.2, 0.25) is 5.02 Å². The number of aromatic amines is 1. The first-order valence-electron chi connectivity index (χ1n) is 9.33. The van der Waals surface area contributed by atoms with Gasteiger partial charge in [-0.25, -0.2) is 4.98 Å². The predicted octanol–water partition coefficient (Wildman–Crippen LogP) is 2.32. The number of quaternary nitrogens is 1. The van der Waals surface area contributed by atoms with Gasteiger partial charge in [-0.15, -0.1) is 0 Å². The minimum atomic E-state index is -0.197. The summed E-state index contributed by atoms with van der Waals surface area (Å²) >= 11 is 6.03. The average Bonchev–Trinajstić information content (AvgIpc) is 2.63. The zero-order chi connectivity index (χ0) is 20.1. The van der Waals surface area contributed by atoms with Crippen molar-refractivity contribution in [2.45, 2.75) is 26.8 Å². The zero-order valence-electron chi connectivity index (χ0n) is 16.0. The molecule has 28 heavy (non-hydrogen) atoms. The SMILES string of the molecule is CCC[NH+](CC(=O)Nc1ccccc1C)Cc1nc2cc(Cl)ccc2c(=O)[nH]1. The summed E-state index contributed by atoms with van der Waals surface area (Å²) < 4.78 is 0. The highest BCUT2D eigenvalue weighted by Crippen LogP contribution is 2.14. The highest BCUT2D eigenvalue weighted by Gasteiger charge is 2.17. The van der Waals surface area contributed by atoms with Gasteiger partial charge in [-0.05, 0) is 43.2 Å². The van der Waals surface area contributed by atoms with E-state index >= 15 is 0 Å². The van der Waals surface area contributed by atoms with Gasteiger partial charge in [0.15, 0.2) is 12.4 Å². The van der Waals surface area contributed by atoms with Gasteiger partial charge in [0.1, 0.15) is 6.54 Å². The molecule has 0 radical (unpaired) electrons. The molecule has 1 amide bonds. The first kappa shape index (κ1) is 20.0. The van der Waals surface area contributed by atoms with E-state index < -0.39 is 0 Å². The molecule has 0 aliphatic heterocycles. The van der Waals surface area contributed by atoms with E-state index in [2.05, 4.69) is 22.2 Å². The van der Waals surface area contributed by atoms with Crippen molar-refractivity contribution in [2.75, 3.05) is 18.4 Å². The number of anilines is 1. The van der Waals surface area contributed by atoms with Gasteiger partial charge < -0.3 is 15.2 Å². The maximum atomic E-state index is 12.5. The molecule has 1 unspecified atom stereocenters. The fourth-order valence-electron chi connectivity index (χ4n) is 3.21. The quantitative estimate of drug-likeness (QED) is 0.570. The number of halogens is 1. The molecule has 1 heterocycles. The number of amides is 1. The number of rotatable bonds is 7. The van der Waals surface area contributed by atoms with E-state index in [0.29, 0.717) is 34.8 Å². The van der Waals surface area contributed by atoms with Gasteiger partial charge in [-0.2, -0.15) is 0 Å². The molecule has 1 atom stereocenters. The van der Waals surface area contributed by atoms with E-state index in [1.54, 1.807) is 18.2 Å². The molecule has 3 N–H and O–H groups in total. The molecule has 6 nitrogen and oxygen atoms in total. The summed E-state index contributed by atoms with van der Waals surface area (Å²) in [5.41, 5.74) is 2.20. The van der Waals surface area contributed by atoms with Crippen LogP contribution in [0.15, 0.2) is 47.3 Å². The molecule has 1 aromatic heterocycles. The van der Waals surface area contributed by atoms with E-state index in [0.717, 1.165) is 29.1 Å². The summed E-state index contributed by atoms with van der Waals surface area (Å²) in [6.45, 7) is 5.56. The maximum Gasteiger partial charge on any atom is 0.279 e. The summed E-state index contributed by atoms with van der Waals surface area (Å²) in [6.07, 6.45) is 0.913. The van der Waals surface area contributed by atoms with E-state index in [4.69, 9.17) is 11.6 Å². The second-order valence-electron chi connectivity index (χ2n) is 6.89. The number of hydrogen-bond acceptors (Lipinski definition) is 3. The molecule has 3 rings (SSSR count). The van der Waals surface area contributed by atoms with E-state index in [9.17, 15) is 9.59 Å². The van der Waals surface area contributed by atoms with Crippen molar-refractivity contribution in [3.8, 4) is 0 Å². The number of carbonyl (C=O) groups is 1. The Hall–Kier alpha value is -2.70. The Bertz CT molecular complexity index is 1050. The summed E-state index contributed by atoms with van der Waals surface area (Å²) in [7, 11) is 0. The molecule has 0 aliphatic rings. The first-order valence-corrected chi connectivity index (χ1v) is 9.71.